The molecule has 1 atom stereocenters. The third-order valence-electron chi connectivity index (χ3n) is 3.34. The molecule has 19 heavy (non-hydrogen) atoms. The van der Waals surface area contributed by atoms with E-state index in [1.165, 1.54) is 16.3 Å². The number of hydrogen-bond donors (Lipinski definition) is 1. The lowest BCUT2D eigenvalue weighted by Crippen LogP contribution is -2.23. The molecule has 2 rings (SSSR count). The minimum atomic E-state index is 0.339. The van der Waals surface area contributed by atoms with Gasteiger partial charge in [0.2, 0.25) is 0 Å². The zero-order valence-corrected chi connectivity index (χ0v) is 11.7. The Hall–Kier alpha value is -1.45. The van der Waals surface area contributed by atoms with Crippen molar-refractivity contribution in [3.63, 3.8) is 0 Å². The molecule has 0 bridgehead atoms. The van der Waals surface area contributed by atoms with Crippen LogP contribution in [0, 0.1) is 0 Å². The summed E-state index contributed by atoms with van der Waals surface area (Å²) in [6.07, 6.45) is 5.90. The first-order chi connectivity index (χ1) is 9.36. The normalized spacial score (nSPS) is 12.7. The Bertz CT molecular complexity index is 500. The van der Waals surface area contributed by atoms with E-state index in [4.69, 9.17) is 4.74 Å². The fourth-order valence-corrected chi connectivity index (χ4v) is 2.37. The van der Waals surface area contributed by atoms with Gasteiger partial charge in [-0.1, -0.05) is 25.1 Å². The first-order valence-corrected chi connectivity index (χ1v) is 6.91. The lowest BCUT2D eigenvalue weighted by Gasteiger charge is -2.20. The zero-order chi connectivity index (χ0) is 13.5. The predicted octanol–water partition coefficient (Wildman–Crippen LogP) is 3.31. The van der Waals surface area contributed by atoms with Gasteiger partial charge in [-0.25, -0.2) is 0 Å². The van der Waals surface area contributed by atoms with E-state index in [1.807, 2.05) is 12.4 Å². The molecule has 0 saturated carbocycles. The Kier molecular flexibility index (Phi) is 5.31. The fourth-order valence-electron chi connectivity index (χ4n) is 2.37. The van der Waals surface area contributed by atoms with E-state index in [1.54, 1.807) is 7.11 Å². The van der Waals surface area contributed by atoms with Crippen molar-refractivity contribution < 1.29 is 4.74 Å². The van der Waals surface area contributed by atoms with Crippen molar-refractivity contribution in [1.82, 2.24) is 10.3 Å². The van der Waals surface area contributed by atoms with E-state index < -0.39 is 0 Å². The summed E-state index contributed by atoms with van der Waals surface area (Å²) in [6.45, 7) is 3.98. The minimum absolute atomic E-state index is 0.339. The first-order valence-electron chi connectivity index (χ1n) is 6.91. The van der Waals surface area contributed by atoms with Crippen LogP contribution >= 0.6 is 0 Å². The molecule has 0 spiro atoms. The predicted molar refractivity (Wildman–Crippen MR) is 79.3 cm³/mol. The summed E-state index contributed by atoms with van der Waals surface area (Å²) < 4.78 is 5.23. The largest absolute Gasteiger partial charge is 0.385 e. The van der Waals surface area contributed by atoms with Crippen molar-refractivity contribution in [1.29, 1.82) is 0 Å². The molecule has 0 fully saturated rings. The van der Waals surface area contributed by atoms with Crippen molar-refractivity contribution in [2.24, 2.45) is 0 Å². The molecular formula is C16H22N2O. The summed E-state index contributed by atoms with van der Waals surface area (Å²) in [5.74, 6) is 0. The maximum atomic E-state index is 5.23. The molecule has 0 aliphatic heterocycles. The number of fused-ring (bicyclic) bond motifs is 1. The third-order valence-corrected chi connectivity index (χ3v) is 3.34. The number of ether oxygens (including phenoxy) is 1. The highest BCUT2D eigenvalue weighted by molar-refractivity contribution is 5.85. The van der Waals surface area contributed by atoms with Gasteiger partial charge in [0.25, 0.3) is 0 Å². The number of rotatable bonds is 7. The fraction of sp³-hybridized carbons (Fsp3) is 0.438. The van der Waals surface area contributed by atoms with Crippen LogP contribution in [0.5, 0.6) is 0 Å². The number of nitrogens with zero attached hydrogens (tertiary/aromatic N) is 1. The van der Waals surface area contributed by atoms with Gasteiger partial charge in [-0.05, 0) is 36.4 Å². The van der Waals surface area contributed by atoms with Crippen LogP contribution in [0.25, 0.3) is 10.8 Å². The zero-order valence-electron chi connectivity index (χ0n) is 11.7. The molecule has 0 aliphatic carbocycles. The number of benzene rings is 1. The smallest absolute Gasteiger partial charge is 0.0480 e. The van der Waals surface area contributed by atoms with Gasteiger partial charge in [0.15, 0.2) is 0 Å². The highest BCUT2D eigenvalue weighted by Crippen LogP contribution is 2.25. The monoisotopic (exact) mass is 258 g/mol. The summed E-state index contributed by atoms with van der Waals surface area (Å²) in [4.78, 5) is 4.19. The molecule has 0 amide bonds. The van der Waals surface area contributed by atoms with Gasteiger partial charge in [0, 0.05) is 37.5 Å². The number of hydrogen-bond acceptors (Lipinski definition) is 3. The molecule has 1 heterocycles. The molecule has 102 valence electrons. The minimum Gasteiger partial charge on any atom is -0.385 e. The van der Waals surface area contributed by atoms with Gasteiger partial charge in [-0.15, -0.1) is 0 Å². The van der Waals surface area contributed by atoms with Crippen LogP contribution in [0.3, 0.4) is 0 Å². The third kappa shape index (κ3) is 3.52. The molecule has 1 unspecified atom stereocenters. The Morgan fingerprint density at radius 2 is 2.21 bits per heavy atom. The van der Waals surface area contributed by atoms with Gasteiger partial charge in [-0.2, -0.15) is 0 Å². The molecule has 1 aromatic heterocycles. The number of pyridine rings is 1. The van der Waals surface area contributed by atoms with Gasteiger partial charge in [-0.3, -0.25) is 4.98 Å². The molecule has 0 saturated heterocycles. The Morgan fingerprint density at radius 3 is 3.00 bits per heavy atom. The average molecular weight is 258 g/mol. The van der Waals surface area contributed by atoms with Crippen molar-refractivity contribution >= 4 is 10.8 Å². The molecule has 1 aromatic carbocycles. The van der Waals surface area contributed by atoms with Crippen LogP contribution in [0.15, 0.2) is 36.7 Å². The summed E-state index contributed by atoms with van der Waals surface area (Å²) in [5, 5.41) is 6.09. The Labute approximate surface area is 115 Å². The van der Waals surface area contributed by atoms with Crippen LogP contribution in [-0.4, -0.2) is 25.2 Å². The van der Waals surface area contributed by atoms with Crippen LogP contribution < -0.4 is 5.32 Å². The number of methoxy groups -OCH3 is 1. The van der Waals surface area contributed by atoms with Crippen LogP contribution in [0.2, 0.25) is 0 Å². The summed E-state index contributed by atoms with van der Waals surface area (Å²) in [5.41, 5.74) is 1.34. The summed E-state index contributed by atoms with van der Waals surface area (Å²) in [7, 11) is 1.75. The van der Waals surface area contributed by atoms with Gasteiger partial charge >= 0.3 is 0 Å². The maximum absolute atomic E-state index is 5.23. The van der Waals surface area contributed by atoms with Crippen molar-refractivity contribution in [3.05, 3.63) is 42.2 Å². The van der Waals surface area contributed by atoms with E-state index in [9.17, 15) is 0 Å². The average Bonchev–Trinajstić information content (AvgIpc) is 2.47. The quantitative estimate of drug-likeness (QED) is 0.827. The van der Waals surface area contributed by atoms with Crippen LogP contribution in [0.4, 0.5) is 0 Å². The van der Waals surface area contributed by atoms with Gasteiger partial charge < -0.3 is 10.1 Å². The molecular weight excluding hydrogens is 236 g/mol. The molecule has 3 heteroatoms. The van der Waals surface area contributed by atoms with E-state index in [-0.39, 0.29) is 0 Å². The maximum Gasteiger partial charge on any atom is 0.0480 e. The van der Waals surface area contributed by atoms with Crippen LogP contribution in [0.1, 0.15) is 31.4 Å². The number of nitrogens with one attached hydrogen (secondary N) is 1. The lowest BCUT2D eigenvalue weighted by atomic mass is 9.98. The summed E-state index contributed by atoms with van der Waals surface area (Å²) >= 11 is 0. The Balaban J connectivity index is 2.31. The van der Waals surface area contributed by atoms with E-state index in [0.29, 0.717) is 6.04 Å². The van der Waals surface area contributed by atoms with Crippen molar-refractivity contribution in [2.75, 3.05) is 20.3 Å². The number of aromatic nitrogens is 1. The Morgan fingerprint density at radius 1 is 1.32 bits per heavy atom. The first kappa shape index (κ1) is 14.0. The van der Waals surface area contributed by atoms with Crippen LogP contribution in [-0.2, 0) is 4.74 Å². The summed E-state index contributed by atoms with van der Waals surface area (Å²) in [6, 6.07) is 8.85. The molecule has 2 aromatic rings. The molecule has 3 nitrogen and oxygen atoms in total. The topological polar surface area (TPSA) is 34.1 Å². The van der Waals surface area contributed by atoms with E-state index >= 15 is 0 Å². The standard InChI is InChI=1S/C16H22N2O/c1-3-9-18-16(8-11-19-2)15-6-4-5-13-12-17-10-7-14(13)15/h4-7,10,12,16,18H,3,8-9,11H2,1-2H3. The second kappa shape index (κ2) is 7.22. The van der Waals surface area contributed by atoms with E-state index in [0.717, 1.165) is 26.0 Å². The van der Waals surface area contributed by atoms with Gasteiger partial charge in [0.05, 0.1) is 0 Å². The second-order valence-electron chi connectivity index (χ2n) is 4.73. The highest BCUT2D eigenvalue weighted by Gasteiger charge is 2.13. The molecule has 0 radical (unpaired) electrons. The SMILES string of the molecule is CCCNC(CCOC)c1cccc2cnccc12. The van der Waals surface area contributed by atoms with Crippen molar-refractivity contribution in [2.45, 2.75) is 25.8 Å². The van der Waals surface area contributed by atoms with Crippen molar-refractivity contribution in [3.8, 4) is 0 Å². The second-order valence-corrected chi connectivity index (χ2v) is 4.73. The lowest BCUT2D eigenvalue weighted by molar-refractivity contribution is 0.183. The van der Waals surface area contributed by atoms with Gasteiger partial charge in [0.1, 0.15) is 0 Å². The molecule has 0 aliphatic rings. The highest BCUT2D eigenvalue weighted by atomic mass is 16.5. The van der Waals surface area contributed by atoms with E-state index in [2.05, 4.69) is 41.5 Å². The molecule has 1 N–H and O–H groups in total.